The van der Waals surface area contributed by atoms with Crippen molar-refractivity contribution in [2.24, 2.45) is 23.9 Å². The third-order valence-corrected chi connectivity index (χ3v) is 9.24. The van der Waals surface area contributed by atoms with E-state index in [1.54, 1.807) is 7.05 Å². The van der Waals surface area contributed by atoms with E-state index < -0.39 is 0 Å². The van der Waals surface area contributed by atoms with Crippen LogP contribution in [0, 0.1) is 18.8 Å². The Morgan fingerprint density at radius 1 is 1.28 bits per heavy atom. The van der Waals surface area contributed by atoms with Gasteiger partial charge in [-0.15, -0.1) is 0 Å². The third-order valence-electron chi connectivity index (χ3n) is 9.24. The third kappa shape index (κ3) is 4.67. The molecule has 2 aliphatic carbocycles. The fourth-order valence-corrected chi connectivity index (χ4v) is 6.40. The molecule has 2 aromatic rings. The van der Waals surface area contributed by atoms with Crippen molar-refractivity contribution in [2.45, 2.75) is 84.2 Å². The van der Waals surface area contributed by atoms with E-state index in [4.69, 9.17) is 5.10 Å². The van der Waals surface area contributed by atoms with Crippen molar-refractivity contribution >= 4 is 11.5 Å². The summed E-state index contributed by atoms with van der Waals surface area (Å²) in [5.41, 5.74) is 4.93. The number of nitrogens with one attached hydrogen (secondary N) is 1. The molecular formula is C29H44N6O. The predicted octanol–water partition coefficient (Wildman–Crippen LogP) is 5.03. The fourth-order valence-electron chi connectivity index (χ4n) is 6.40. The quantitative estimate of drug-likeness (QED) is 0.472. The van der Waals surface area contributed by atoms with E-state index in [1.807, 2.05) is 18.7 Å². The predicted molar refractivity (Wildman–Crippen MR) is 148 cm³/mol. The summed E-state index contributed by atoms with van der Waals surface area (Å²) >= 11 is 0. The molecule has 0 radical (unpaired) electrons. The minimum atomic E-state index is 0.113. The zero-order valence-electron chi connectivity index (χ0n) is 23.1. The molecule has 2 saturated carbocycles. The monoisotopic (exact) mass is 492 g/mol. The molecule has 1 N–H and O–H groups in total. The van der Waals surface area contributed by atoms with E-state index in [-0.39, 0.29) is 5.56 Å². The number of nitrogens with zero attached hydrogens (tertiary/aromatic N) is 5. The first-order valence-corrected chi connectivity index (χ1v) is 14.0. The Bertz CT molecular complexity index is 1190. The van der Waals surface area contributed by atoms with E-state index in [2.05, 4.69) is 52.8 Å². The van der Waals surface area contributed by atoms with Gasteiger partial charge in [-0.3, -0.25) is 19.4 Å². The van der Waals surface area contributed by atoms with E-state index in [1.165, 1.54) is 51.5 Å². The lowest BCUT2D eigenvalue weighted by Gasteiger charge is -2.34. The van der Waals surface area contributed by atoms with Crippen LogP contribution in [0.25, 0.3) is 11.3 Å². The lowest BCUT2D eigenvalue weighted by molar-refractivity contribution is 0.157. The first-order valence-electron chi connectivity index (χ1n) is 14.0. The molecular weight excluding hydrogens is 448 g/mol. The Morgan fingerprint density at radius 3 is 2.58 bits per heavy atom. The first kappa shape index (κ1) is 25.2. The van der Waals surface area contributed by atoms with Crippen molar-refractivity contribution in [3.05, 3.63) is 33.7 Å². The van der Waals surface area contributed by atoms with Crippen molar-refractivity contribution in [3.63, 3.8) is 0 Å². The number of rotatable bonds is 10. The van der Waals surface area contributed by atoms with Gasteiger partial charge in [-0.05, 0) is 89.7 Å². The molecule has 36 heavy (non-hydrogen) atoms. The van der Waals surface area contributed by atoms with Crippen LogP contribution in [-0.4, -0.2) is 57.2 Å². The van der Waals surface area contributed by atoms with Crippen LogP contribution < -0.4 is 10.9 Å². The fraction of sp³-hybridized carbons (Fsp3) is 0.690. The van der Waals surface area contributed by atoms with Gasteiger partial charge in [0.15, 0.2) is 0 Å². The molecule has 0 amide bonds. The van der Waals surface area contributed by atoms with Gasteiger partial charge >= 0.3 is 0 Å². The van der Waals surface area contributed by atoms with Crippen molar-refractivity contribution in [1.82, 2.24) is 19.2 Å². The van der Waals surface area contributed by atoms with Gasteiger partial charge in [0, 0.05) is 62.3 Å². The highest BCUT2D eigenvalue weighted by Crippen LogP contribution is 2.51. The highest BCUT2D eigenvalue weighted by atomic mass is 16.1. The van der Waals surface area contributed by atoms with E-state index in [9.17, 15) is 4.79 Å². The summed E-state index contributed by atoms with van der Waals surface area (Å²) in [5, 5.41) is 8.53. The number of hydrogen-bond donors (Lipinski definition) is 1. The van der Waals surface area contributed by atoms with Crippen molar-refractivity contribution in [3.8, 4) is 11.3 Å². The zero-order valence-corrected chi connectivity index (χ0v) is 23.1. The van der Waals surface area contributed by atoms with E-state index in [0.717, 1.165) is 47.0 Å². The lowest BCUT2D eigenvalue weighted by Crippen LogP contribution is -2.42. The smallest absolute Gasteiger partial charge is 0.260 e. The van der Waals surface area contributed by atoms with Crippen LogP contribution in [0.1, 0.15) is 82.9 Å². The molecule has 3 aliphatic rings. The summed E-state index contributed by atoms with van der Waals surface area (Å²) in [4.78, 5) is 20.8. The van der Waals surface area contributed by atoms with Gasteiger partial charge in [-0.25, -0.2) is 0 Å². The number of aromatic nitrogens is 3. The van der Waals surface area contributed by atoms with Crippen molar-refractivity contribution < 1.29 is 0 Å². The van der Waals surface area contributed by atoms with Crippen molar-refractivity contribution in [2.75, 3.05) is 32.0 Å². The maximum Gasteiger partial charge on any atom is 0.260 e. The topological polar surface area (TPSA) is 67.4 Å². The van der Waals surface area contributed by atoms with Crippen LogP contribution in [0.5, 0.6) is 0 Å². The molecule has 2 aromatic heterocycles. The second kappa shape index (κ2) is 9.81. The molecule has 1 aliphatic heterocycles. The number of anilines is 1. The number of likely N-dealkylation sites (tertiary alicyclic amines) is 1. The van der Waals surface area contributed by atoms with Gasteiger partial charge in [-0.2, -0.15) is 5.10 Å². The Labute approximate surface area is 216 Å². The molecule has 1 saturated heterocycles. The average molecular weight is 493 g/mol. The normalized spacial score (nSPS) is 23.1. The minimum Gasteiger partial charge on any atom is -0.369 e. The Kier molecular flexibility index (Phi) is 6.88. The molecule has 0 spiro atoms. The van der Waals surface area contributed by atoms with Crippen LogP contribution in [-0.2, 0) is 7.05 Å². The Hall–Kier alpha value is -2.41. The molecule has 3 heterocycles. The largest absolute Gasteiger partial charge is 0.369 e. The Balaban J connectivity index is 1.44. The maximum atomic E-state index is 13.7. The van der Waals surface area contributed by atoms with Crippen LogP contribution in [0.4, 0.5) is 5.82 Å². The second-order valence-electron chi connectivity index (χ2n) is 11.6. The number of pyridine rings is 1. The standard InChI is InChI=1S/C29H44N6O/c1-7-29(4)13-8-15-34(29)16-14-31-25-17-24(32-33(25)6)23-18-35(27(21-9-10-21)22-11-12-22)28(36)26(19(23)2)20(3)30-5/h17-18,21-22,27,31H,7-16H2,1-6H3. The minimum absolute atomic E-state index is 0.113. The summed E-state index contributed by atoms with van der Waals surface area (Å²) < 4.78 is 4.00. The number of aliphatic imine (C=N–C) groups is 1. The zero-order chi connectivity index (χ0) is 25.6. The molecule has 196 valence electrons. The molecule has 0 aromatic carbocycles. The van der Waals surface area contributed by atoms with Crippen molar-refractivity contribution in [1.29, 1.82) is 0 Å². The van der Waals surface area contributed by atoms with Crippen LogP contribution in [0.15, 0.2) is 22.1 Å². The second-order valence-corrected chi connectivity index (χ2v) is 11.6. The van der Waals surface area contributed by atoms with Gasteiger partial charge in [0.2, 0.25) is 0 Å². The van der Waals surface area contributed by atoms with Gasteiger partial charge in [0.25, 0.3) is 5.56 Å². The van der Waals surface area contributed by atoms with Crippen LogP contribution >= 0.6 is 0 Å². The highest BCUT2D eigenvalue weighted by Gasteiger charge is 2.43. The maximum absolute atomic E-state index is 13.7. The number of aryl methyl sites for hydroxylation is 1. The molecule has 1 unspecified atom stereocenters. The van der Waals surface area contributed by atoms with Gasteiger partial charge < -0.3 is 9.88 Å². The highest BCUT2D eigenvalue weighted by molar-refractivity contribution is 6.00. The molecule has 7 heteroatoms. The first-order chi connectivity index (χ1) is 17.3. The van der Waals surface area contributed by atoms with Gasteiger partial charge in [0.1, 0.15) is 5.82 Å². The summed E-state index contributed by atoms with van der Waals surface area (Å²) in [6.45, 7) is 11.8. The SMILES string of the molecule is CCC1(C)CCCN1CCNc1cc(-c2cn(C(C3CC3)C3CC3)c(=O)c(C(C)=NC)c2C)nn1C. The Morgan fingerprint density at radius 2 is 1.97 bits per heavy atom. The summed E-state index contributed by atoms with van der Waals surface area (Å²) in [6.07, 6.45) is 10.8. The van der Waals surface area contributed by atoms with Gasteiger partial charge in [0.05, 0.1) is 11.3 Å². The molecule has 7 nitrogen and oxygen atoms in total. The molecule has 1 atom stereocenters. The summed E-state index contributed by atoms with van der Waals surface area (Å²) in [5.74, 6) is 2.29. The molecule has 5 rings (SSSR count). The molecule has 3 fully saturated rings. The lowest BCUT2D eigenvalue weighted by atomic mass is 9.96. The average Bonchev–Trinajstić information content (AvgIpc) is 3.79. The van der Waals surface area contributed by atoms with Crippen LogP contribution in [0.2, 0.25) is 0 Å². The van der Waals surface area contributed by atoms with Crippen LogP contribution in [0.3, 0.4) is 0 Å². The van der Waals surface area contributed by atoms with E-state index in [0.29, 0.717) is 23.4 Å². The summed E-state index contributed by atoms with van der Waals surface area (Å²) in [6, 6.07) is 2.46. The van der Waals surface area contributed by atoms with Gasteiger partial charge in [-0.1, -0.05) is 6.92 Å². The van der Waals surface area contributed by atoms with E-state index >= 15 is 0 Å². The number of hydrogen-bond acceptors (Lipinski definition) is 5. The molecule has 0 bridgehead atoms. The summed E-state index contributed by atoms with van der Waals surface area (Å²) in [7, 11) is 3.78.